The van der Waals surface area contributed by atoms with E-state index < -0.39 is 4.92 Å². The second-order valence-electron chi connectivity index (χ2n) is 3.58. The van der Waals surface area contributed by atoms with E-state index in [-0.39, 0.29) is 22.9 Å². The Morgan fingerprint density at radius 1 is 1.05 bits per heavy atom. The van der Waals surface area contributed by atoms with Gasteiger partial charge in [0.2, 0.25) is 5.75 Å². The normalized spacial score (nSPS) is 10.2. The number of ether oxygens (including phenoxy) is 1. The molecule has 0 unspecified atom stereocenters. The van der Waals surface area contributed by atoms with Gasteiger partial charge in [-0.15, -0.1) is 0 Å². The third-order valence-electron chi connectivity index (χ3n) is 2.26. The summed E-state index contributed by atoms with van der Waals surface area (Å²) in [5.41, 5.74) is -0.186. The minimum absolute atomic E-state index is 0.0570. The highest BCUT2D eigenvalue weighted by Gasteiger charge is 2.17. The van der Waals surface area contributed by atoms with Crippen LogP contribution >= 0.6 is 31.9 Å². The number of rotatable bonds is 3. The number of halogens is 2. The fraction of sp³-hybridized carbons (Fsp3) is 0. The molecule has 0 saturated heterocycles. The van der Waals surface area contributed by atoms with Crippen molar-refractivity contribution in [3.05, 3.63) is 55.5 Å². The lowest BCUT2D eigenvalue weighted by molar-refractivity contribution is -0.385. The summed E-state index contributed by atoms with van der Waals surface area (Å²) in [6, 6.07) is 9.02. The second-order valence-corrected chi connectivity index (χ2v) is 5.41. The lowest BCUT2D eigenvalue weighted by atomic mass is 10.3. The summed E-state index contributed by atoms with van der Waals surface area (Å²) in [4.78, 5) is 10.4. The highest BCUT2D eigenvalue weighted by Crippen LogP contribution is 2.38. The molecule has 0 aliphatic carbocycles. The monoisotopic (exact) mass is 387 g/mol. The molecule has 2 aromatic rings. The van der Waals surface area contributed by atoms with E-state index in [0.29, 0.717) is 8.95 Å². The van der Waals surface area contributed by atoms with E-state index in [0.717, 1.165) is 0 Å². The molecule has 0 aliphatic rings. The summed E-state index contributed by atoms with van der Waals surface area (Å²) in [5.74, 6) is 0.0989. The van der Waals surface area contributed by atoms with Crippen molar-refractivity contribution in [3.8, 4) is 17.2 Å². The standard InChI is InChI=1S/C12H7Br2NO4/c13-7-2-4-11(9(5-7)15(17)18)19-12-6-8(14)1-3-10(12)16/h1-6,16H. The zero-order valence-corrected chi connectivity index (χ0v) is 12.5. The van der Waals surface area contributed by atoms with Gasteiger partial charge in [-0.25, -0.2) is 0 Å². The molecule has 19 heavy (non-hydrogen) atoms. The lowest BCUT2D eigenvalue weighted by Crippen LogP contribution is -1.93. The molecule has 0 saturated carbocycles. The maximum absolute atomic E-state index is 10.9. The van der Waals surface area contributed by atoms with E-state index in [1.165, 1.54) is 24.3 Å². The van der Waals surface area contributed by atoms with Gasteiger partial charge in [0.25, 0.3) is 0 Å². The summed E-state index contributed by atoms with van der Waals surface area (Å²) in [7, 11) is 0. The van der Waals surface area contributed by atoms with Gasteiger partial charge in [0, 0.05) is 15.0 Å². The van der Waals surface area contributed by atoms with Gasteiger partial charge in [0.1, 0.15) is 0 Å². The summed E-state index contributed by atoms with van der Waals surface area (Å²) in [6.07, 6.45) is 0. The number of nitrogens with zero attached hydrogens (tertiary/aromatic N) is 1. The van der Waals surface area contributed by atoms with Crippen molar-refractivity contribution in [2.75, 3.05) is 0 Å². The smallest absolute Gasteiger partial charge is 0.312 e. The van der Waals surface area contributed by atoms with Gasteiger partial charge in [0.15, 0.2) is 11.5 Å². The third-order valence-corrected chi connectivity index (χ3v) is 3.25. The predicted octanol–water partition coefficient (Wildman–Crippen LogP) is 4.62. The number of phenolic OH excluding ortho intramolecular Hbond substituents is 1. The van der Waals surface area contributed by atoms with Crippen molar-refractivity contribution in [3.63, 3.8) is 0 Å². The first-order valence-corrected chi connectivity index (χ1v) is 6.66. The quantitative estimate of drug-likeness (QED) is 0.615. The van der Waals surface area contributed by atoms with Crippen molar-refractivity contribution in [2.45, 2.75) is 0 Å². The van der Waals surface area contributed by atoms with Gasteiger partial charge in [-0.3, -0.25) is 10.1 Å². The molecule has 5 nitrogen and oxygen atoms in total. The highest BCUT2D eigenvalue weighted by molar-refractivity contribution is 9.10. The van der Waals surface area contributed by atoms with Crippen LogP contribution in [0, 0.1) is 10.1 Å². The van der Waals surface area contributed by atoms with Gasteiger partial charge in [-0.2, -0.15) is 0 Å². The predicted molar refractivity (Wildman–Crippen MR) is 76.7 cm³/mol. The zero-order chi connectivity index (χ0) is 14.0. The first-order chi connectivity index (χ1) is 8.97. The molecule has 1 N–H and O–H groups in total. The van der Waals surface area contributed by atoms with E-state index in [2.05, 4.69) is 31.9 Å². The Kier molecular flexibility index (Phi) is 4.06. The van der Waals surface area contributed by atoms with Crippen molar-refractivity contribution in [1.82, 2.24) is 0 Å². The van der Waals surface area contributed by atoms with Gasteiger partial charge >= 0.3 is 5.69 Å². The molecule has 98 valence electrons. The number of benzene rings is 2. The number of hydrogen-bond donors (Lipinski definition) is 1. The van der Waals surface area contributed by atoms with Crippen LogP contribution in [0.25, 0.3) is 0 Å². The van der Waals surface area contributed by atoms with Crippen LogP contribution in [-0.2, 0) is 0 Å². The molecule has 2 rings (SSSR count). The Morgan fingerprint density at radius 2 is 1.68 bits per heavy atom. The lowest BCUT2D eigenvalue weighted by Gasteiger charge is -2.08. The van der Waals surface area contributed by atoms with Crippen LogP contribution in [0.15, 0.2) is 45.3 Å². The minimum Gasteiger partial charge on any atom is -0.504 e. The number of nitro groups is 1. The SMILES string of the molecule is O=[N+]([O-])c1cc(Br)ccc1Oc1cc(Br)ccc1O. The number of nitro benzene ring substituents is 1. The van der Waals surface area contributed by atoms with Crippen molar-refractivity contribution >= 4 is 37.5 Å². The molecule has 2 aromatic carbocycles. The van der Waals surface area contributed by atoms with Crippen molar-refractivity contribution in [2.24, 2.45) is 0 Å². The fourth-order valence-electron chi connectivity index (χ4n) is 1.41. The Bertz CT molecular complexity index is 646. The Balaban J connectivity index is 2.43. The molecular formula is C12H7Br2NO4. The van der Waals surface area contributed by atoms with E-state index in [9.17, 15) is 15.2 Å². The molecule has 7 heteroatoms. The van der Waals surface area contributed by atoms with Crippen molar-refractivity contribution in [1.29, 1.82) is 0 Å². The topological polar surface area (TPSA) is 72.6 Å². The molecule has 0 fully saturated rings. The summed E-state index contributed by atoms with van der Waals surface area (Å²) in [6.45, 7) is 0. The number of phenols is 1. The molecule has 0 radical (unpaired) electrons. The van der Waals surface area contributed by atoms with Gasteiger partial charge < -0.3 is 9.84 Å². The highest BCUT2D eigenvalue weighted by atomic mass is 79.9. The van der Waals surface area contributed by atoms with E-state index in [1.54, 1.807) is 12.1 Å². The zero-order valence-electron chi connectivity index (χ0n) is 9.34. The van der Waals surface area contributed by atoms with Crippen molar-refractivity contribution < 1.29 is 14.8 Å². The molecular weight excluding hydrogens is 382 g/mol. The number of hydrogen-bond acceptors (Lipinski definition) is 4. The van der Waals surface area contributed by atoms with Crippen LogP contribution in [0.5, 0.6) is 17.2 Å². The summed E-state index contributed by atoms with van der Waals surface area (Å²) < 4.78 is 6.66. The van der Waals surface area contributed by atoms with Crippen LogP contribution in [-0.4, -0.2) is 10.0 Å². The van der Waals surface area contributed by atoms with Gasteiger partial charge in [-0.1, -0.05) is 31.9 Å². The van der Waals surface area contributed by atoms with E-state index in [4.69, 9.17) is 4.74 Å². The Hall–Kier alpha value is -1.60. The molecule has 0 bridgehead atoms. The van der Waals surface area contributed by atoms with Gasteiger partial charge in [0.05, 0.1) is 4.92 Å². The van der Waals surface area contributed by atoms with Gasteiger partial charge in [-0.05, 0) is 30.3 Å². The largest absolute Gasteiger partial charge is 0.504 e. The second kappa shape index (κ2) is 5.58. The van der Waals surface area contributed by atoms with Crippen LogP contribution in [0.4, 0.5) is 5.69 Å². The molecule has 0 spiro atoms. The molecule has 0 amide bonds. The van der Waals surface area contributed by atoms with Crippen LogP contribution in [0.2, 0.25) is 0 Å². The van der Waals surface area contributed by atoms with Crippen LogP contribution in [0.3, 0.4) is 0 Å². The third kappa shape index (κ3) is 3.24. The molecule has 0 aromatic heterocycles. The maximum Gasteiger partial charge on any atom is 0.312 e. The molecule has 0 aliphatic heterocycles. The number of aromatic hydroxyl groups is 1. The average Bonchev–Trinajstić information content (AvgIpc) is 2.35. The Morgan fingerprint density at radius 3 is 2.37 bits per heavy atom. The van der Waals surface area contributed by atoms with Crippen LogP contribution < -0.4 is 4.74 Å². The minimum atomic E-state index is -0.547. The summed E-state index contributed by atoms with van der Waals surface area (Å²) >= 11 is 6.40. The average molecular weight is 389 g/mol. The van der Waals surface area contributed by atoms with E-state index in [1.807, 2.05) is 0 Å². The first kappa shape index (κ1) is 13.8. The Labute approximate surface area is 125 Å². The summed E-state index contributed by atoms with van der Waals surface area (Å²) in [5, 5.41) is 20.6. The first-order valence-electron chi connectivity index (χ1n) is 5.07. The molecule has 0 atom stereocenters. The fourth-order valence-corrected chi connectivity index (χ4v) is 2.10. The van der Waals surface area contributed by atoms with E-state index >= 15 is 0 Å². The van der Waals surface area contributed by atoms with Crippen LogP contribution in [0.1, 0.15) is 0 Å². The molecule has 0 heterocycles. The maximum atomic E-state index is 10.9.